The molecule has 6 atom stereocenters. The van der Waals surface area contributed by atoms with Crippen molar-refractivity contribution in [2.45, 2.75) is 52.6 Å². The lowest BCUT2D eigenvalue weighted by Gasteiger charge is -2.31. The molecule has 2 aliphatic rings. The number of nitrogens with one attached hydrogen (secondary N) is 2. The van der Waals surface area contributed by atoms with Gasteiger partial charge in [-0.15, -0.1) is 0 Å². The third-order valence-corrected chi connectivity index (χ3v) is 5.74. The average Bonchev–Trinajstić information content (AvgIpc) is 2.52. The van der Waals surface area contributed by atoms with E-state index in [2.05, 4.69) is 52.1 Å². The van der Waals surface area contributed by atoms with Gasteiger partial charge in [0.1, 0.15) is 0 Å². The first-order valence-electron chi connectivity index (χ1n) is 9.40. The van der Waals surface area contributed by atoms with Gasteiger partial charge in [0, 0.05) is 24.7 Å². The van der Waals surface area contributed by atoms with Gasteiger partial charge >= 0.3 is 0 Å². The molecule has 2 unspecified atom stereocenters. The highest BCUT2D eigenvalue weighted by Crippen LogP contribution is 2.09. The van der Waals surface area contributed by atoms with Crippen molar-refractivity contribution < 1.29 is 19.5 Å². The van der Waals surface area contributed by atoms with Crippen LogP contribution in [0.1, 0.15) is 40.5 Å². The minimum Gasteiger partial charge on any atom is -0.392 e. The second-order valence-electron chi connectivity index (χ2n) is 7.95. The molecule has 24 heavy (non-hydrogen) atoms. The van der Waals surface area contributed by atoms with Gasteiger partial charge in [-0.2, -0.15) is 0 Å². The Hall–Kier alpha value is -1.14. The third-order valence-electron chi connectivity index (χ3n) is 5.74. The molecule has 0 aromatic carbocycles. The predicted molar refractivity (Wildman–Crippen MR) is 96.8 cm³/mol. The minimum absolute atomic E-state index is 0.458. The molecule has 138 valence electrons. The van der Waals surface area contributed by atoms with Gasteiger partial charge in [0.15, 0.2) is 13.2 Å². The van der Waals surface area contributed by atoms with E-state index in [1.165, 1.54) is 11.4 Å². The third kappa shape index (κ3) is 5.18. The lowest BCUT2D eigenvalue weighted by Crippen LogP contribution is -3.14. The van der Waals surface area contributed by atoms with Crippen molar-refractivity contribution in [2.24, 2.45) is 22.1 Å². The smallest absolute Gasteiger partial charge is 0.153 e. The van der Waals surface area contributed by atoms with Crippen LogP contribution in [-0.4, -0.2) is 63.9 Å². The number of nitrogens with zero attached hydrogens (tertiary/aromatic N) is 2. The van der Waals surface area contributed by atoms with Gasteiger partial charge in [-0.05, 0) is 13.8 Å². The quantitative estimate of drug-likeness (QED) is 0.529. The molecule has 6 heteroatoms. The van der Waals surface area contributed by atoms with Gasteiger partial charge in [0.2, 0.25) is 0 Å². The fourth-order valence-corrected chi connectivity index (χ4v) is 3.57. The molecule has 2 N–H and O–H groups in total. The monoisotopic (exact) mass is 340 g/mol. The van der Waals surface area contributed by atoms with Crippen LogP contribution in [0.15, 0.2) is 10.3 Å². The van der Waals surface area contributed by atoms with E-state index in [9.17, 15) is 0 Å². The zero-order valence-electron chi connectivity index (χ0n) is 16.3. The molecule has 2 aliphatic heterocycles. The Kier molecular flexibility index (Phi) is 7.04. The molecule has 0 aliphatic carbocycles. The summed E-state index contributed by atoms with van der Waals surface area (Å²) in [5, 5.41) is 8.68. The van der Waals surface area contributed by atoms with Crippen LogP contribution in [0.25, 0.3) is 0 Å². The predicted octanol–water partition coefficient (Wildman–Crippen LogP) is -0.382. The number of piperidine rings is 2. The molecule has 0 saturated carbocycles. The lowest BCUT2D eigenvalue weighted by molar-refractivity contribution is -0.908. The molecule has 2 saturated heterocycles. The maximum Gasteiger partial charge on any atom is 0.153 e. The summed E-state index contributed by atoms with van der Waals surface area (Å²) in [6.07, 6.45) is 2.03. The van der Waals surface area contributed by atoms with Gasteiger partial charge in [0.05, 0.1) is 50.7 Å². The van der Waals surface area contributed by atoms with Gasteiger partial charge in [-0.1, -0.05) is 24.2 Å². The molecule has 2 rings (SSSR count). The van der Waals surface area contributed by atoms with Gasteiger partial charge < -0.3 is 19.5 Å². The van der Waals surface area contributed by atoms with Crippen LogP contribution >= 0.6 is 0 Å². The van der Waals surface area contributed by atoms with Gasteiger partial charge in [0.25, 0.3) is 0 Å². The van der Waals surface area contributed by atoms with Crippen LogP contribution < -0.4 is 9.80 Å². The van der Waals surface area contributed by atoms with Crippen molar-refractivity contribution in [3.8, 4) is 0 Å². The first-order valence-corrected chi connectivity index (χ1v) is 9.40. The molecular weight excluding hydrogens is 304 g/mol. The Morgan fingerprint density at radius 2 is 1.17 bits per heavy atom. The Bertz CT molecular complexity index is 424. The standard InChI is InChI=1S/C18H34N4O2/c1-13-11-21(5)15(3)9-17(13)19-23-7-8-24-20-18-10-16(4)22(6)12-14(18)2/h13-16H,7-12H2,1-6H3/p+2/b19-17-,20-18-/t13-,14+,15-,16-/m1/s1. The number of rotatable bonds is 5. The van der Waals surface area contributed by atoms with E-state index in [1.54, 1.807) is 9.80 Å². The van der Waals surface area contributed by atoms with Crippen molar-refractivity contribution >= 4 is 11.4 Å². The molecule has 0 spiro atoms. The fraction of sp³-hybridized carbons (Fsp3) is 0.889. The molecule has 0 aromatic rings. The highest BCUT2D eigenvalue weighted by atomic mass is 16.7. The van der Waals surface area contributed by atoms with Crippen molar-refractivity contribution in [1.82, 2.24) is 0 Å². The Morgan fingerprint density at radius 3 is 1.54 bits per heavy atom. The maximum absolute atomic E-state index is 5.46. The number of likely N-dealkylation sites (tertiary alicyclic amines) is 2. The van der Waals surface area contributed by atoms with Gasteiger partial charge in [-0.3, -0.25) is 0 Å². The first-order chi connectivity index (χ1) is 11.4. The summed E-state index contributed by atoms with van der Waals surface area (Å²) in [4.78, 5) is 14.1. The number of oxime groups is 2. The van der Waals surface area contributed by atoms with Crippen LogP contribution in [0.3, 0.4) is 0 Å². The Morgan fingerprint density at radius 1 is 0.792 bits per heavy atom. The molecule has 0 bridgehead atoms. The van der Waals surface area contributed by atoms with Crippen LogP contribution in [-0.2, 0) is 9.68 Å². The zero-order valence-corrected chi connectivity index (χ0v) is 16.3. The minimum atomic E-state index is 0.458. The molecule has 0 radical (unpaired) electrons. The second-order valence-corrected chi connectivity index (χ2v) is 7.95. The summed E-state index contributed by atoms with van der Waals surface area (Å²) >= 11 is 0. The Balaban J connectivity index is 1.69. The summed E-state index contributed by atoms with van der Waals surface area (Å²) in [5.74, 6) is 0.984. The van der Waals surface area contributed by atoms with Crippen molar-refractivity contribution in [2.75, 3.05) is 40.4 Å². The summed E-state index contributed by atoms with van der Waals surface area (Å²) in [7, 11) is 4.50. The zero-order chi connectivity index (χ0) is 17.7. The van der Waals surface area contributed by atoms with E-state index in [-0.39, 0.29) is 0 Å². The van der Waals surface area contributed by atoms with E-state index < -0.39 is 0 Å². The summed E-state index contributed by atoms with van der Waals surface area (Å²) in [6, 6.07) is 1.22. The first kappa shape index (κ1) is 19.2. The van der Waals surface area contributed by atoms with E-state index in [1.807, 2.05) is 0 Å². The van der Waals surface area contributed by atoms with E-state index >= 15 is 0 Å². The molecule has 2 fully saturated rings. The normalized spacial score (nSPS) is 40.8. The molecule has 2 heterocycles. The van der Waals surface area contributed by atoms with Crippen LogP contribution in [0, 0.1) is 11.8 Å². The topological polar surface area (TPSA) is 52.1 Å². The molecule has 0 amide bonds. The van der Waals surface area contributed by atoms with Crippen LogP contribution in [0.2, 0.25) is 0 Å². The van der Waals surface area contributed by atoms with Gasteiger partial charge in [-0.25, -0.2) is 0 Å². The van der Waals surface area contributed by atoms with Crippen molar-refractivity contribution in [3.05, 3.63) is 0 Å². The van der Waals surface area contributed by atoms with E-state index in [0.717, 1.165) is 25.9 Å². The number of hydrogen-bond donors (Lipinski definition) is 2. The SMILES string of the molecule is C[C@@H]1C[NH+](C)[C@H](C)C/C1=N/OCCO/N=C1/C[C@@H](C)[NH+](C)C[C@@H]1C. The van der Waals surface area contributed by atoms with E-state index in [0.29, 0.717) is 37.1 Å². The summed E-state index contributed by atoms with van der Waals surface area (Å²) in [6.45, 7) is 12.1. The highest BCUT2D eigenvalue weighted by molar-refractivity contribution is 5.87. The average molecular weight is 341 g/mol. The largest absolute Gasteiger partial charge is 0.392 e. The maximum atomic E-state index is 5.46. The number of quaternary nitrogens is 2. The molecular formula is C18H36N4O2+2. The second kappa shape index (κ2) is 8.81. The molecule has 0 aromatic heterocycles. The fourth-order valence-electron chi connectivity index (χ4n) is 3.57. The lowest BCUT2D eigenvalue weighted by atomic mass is 9.93. The Labute approximate surface area is 146 Å². The summed E-state index contributed by atoms with van der Waals surface area (Å²) < 4.78 is 0. The summed E-state index contributed by atoms with van der Waals surface area (Å²) in [5.41, 5.74) is 2.36. The van der Waals surface area contributed by atoms with E-state index in [4.69, 9.17) is 9.68 Å². The van der Waals surface area contributed by atoms with Crippen molar-refractivity contribution in [3.63, 3.8) is 0 Å². The number of hydrogen-bond acceptors (Lipinski definition) is 4. The highest BCUT2D eigenvalue weighted by Gasteiger charge is 2.30. The van der Waals surface area contributed by atoms with Crippen LogP contribution in [0.5, 0.6) is 0 Å². The molecule has 6 nitrogen and oxygen atoms in total. The van der Waals surface area contributed by atoms with Crippen LogP contribution in [0.4, 0.5) is 0 Å². The van der Waals surface area contributed by atoms with Crippen molar-refractivity contribution in [1.29, 1.82) is 0 Å².